The first-order chi connectivity index (χ1) is 12.7. The maximum Gasteiger partial charge on any atom is 1.00 e. The summed E-state index contributed by atoms with van der Waals surface area (Å²) in [7, 11) is -5.18. The molecule has 1 N–H and O–H groups in total. The molecule has 1 aromatic heterocycles. The molecule has 0 saturated heterocycles. The van der Waals surface area contributed by atoms with Crippen LogP contribution in [0.5, 0.6) is 11.8 Å². The van der Waals surface area contributed by atoms with E-state index in [0.29, 0.717) is 0 Å². The molecular weight excluding hydrogens is 529 g/mol. The maximum absolute atomic E-state index is 12.0. The fraction of sp³-hybridized carbons (Fsp3) is 0.176. The van der Waals surface area contributed by atoms with Crippen molar-refractivity contribution in [2.45, 2.75) is 18.7 Å². The van der Waals surface area contributed by atoms with Crippen molar-refractivity contribution in [1.82, 2.24) is 15.3 Å². The maximum atomic E-state index is 12.0. The summed E-state index contributed by atoms with van der Waals surface area (Å²) in [4.78, 5) is 31.1. The number of halogens is 1. The van der Waals surface area contributed by atoms with Crippen molar-refractivity contribution < 1.29 is 143 Å². The zero-order chi connectivity index (χ0) is 19.8. The normalized spacial score (nSPS) is 12.4. The van der Waals surface area contributed by atoms with Crippen LogP contribution in [0.15, 0.2) is 46.9 Å². The van der Waals surface area contributed by atoms with Gasteiger partial charge in [0, 0.05) is 16.1 Å². The fourth-order valence-electron chi connectivity index (χ4n) is 2.72. The average Bonchev–Trinajstić information content (AvgIpc) is 2.60. The Labute approximate surface area is 276 Å². The van der Waals surface area contributed by atoms with Gasteiger partial charge >= 0.3 is 118 Å². The second-order valence-electron chi connectivity index (χ2n) is 5.93. The van der Waals surface area contributed by atoms with Crippen molar-refractivity contribution in [3.63, 3.8) is 0 Å². The topological polar surface area (TPSA) is 147 Å². The summed E-state index contributed by atoms with van der Waals surface area (Å²) in [6.45, 7) is 1.71. The van der Waals surface area contributed by atoms with E-state index in [4.69, 9.17) is 0 Å². The van der Waals surface area contributed by atoms with Gasteiger partial charge in [0.15, 0.2) is 0 Å². The smallest absolute Gasteiger partial charge is 0.858 e. The van der Waals surface area contributed by atoms with Gasteiger partial charge in [0.25, 0.3) is 0 Å². The Morgan fingerprint density at radius 2 is 1.48 bits per heavy atom. The van der Waals surface area contributed by atoms with Crippen LogP contribution in [-0.4, -0.2) is 9.97 Å². The van der Waals surface area contributed by atoms with E-state index in [2.05, 4.69) is 31.2 Å². The van der Waals surface area contributed by atoms with Crippen molar-refractivity contribution >= 4 is 34.6 Å². The third kappa shape index (κ3) is 9.17. The summed E-state index contributed by atoms with van der Waals surface area (Å²) in [6, 6.07) is 10.9. The summed E-state index contributed by atoms with van der Waals surface area (Å²) in [6.07, 6.45) is 0. The van der Waals surface area contributed by atoms with Gasteiger partial charge in [-0.15, -0.1) is 0 Å². The zero-order valence-electron chi connectivity index (χ0n) is 18.0. The predicted molar refractivity (Wildman–Crippen MR) is 94.5 cm³/mol. The first kappa shape index (κ1) is 35.1. The van der Waals surface area contributed by atoms with Crippen LogP contribution in [0.3, 0.4) is 0 Å². The number of nitrogens with zero attached hydrogens (tertiary/aromatic N) is 2. The van der Waals surface area contributed by atoms with E-state index in [1.165, 1.54) is 18.2 Å². The molecule has 0 aliphatic heterocycles. The third-order valence-electron chi connectivity index (χ3n) is 4.05. The Morgan fingerprint density at radius 1 is 0.935 bits per heavy atom. The van der Waals surface area contributed by atoms with E-state index in [1.807, 2.05) is 0 Å². The van der Waals surface area contributed by atoms with Gasteiger partial charge in [-0.25, -0.2) is 0 Å². The van der Waals surface area contributed by atoms with E-state index < -0.39 is 31.2 Å². The third-order valence-corrected chi connectivity index (χ3v) is 5.64. The van der Waals surface area contributed by atoms with Gasteiger partial charge in [0.1, 0.15) is 0 Å². The zero-order valence-corrected chi connectivity index (χ0v) is 28.4. The van der Waals surface area contributed by atoms with Crippen LogP contribution in [0.1, 0.15) is 29.9 Å². The minimum absolute atomic E-state index is 0. The Morgan fingerprint density at radius 3 is 2.03 bits per heavy atom. The molecule has 8 nitrogen and oxygen atoms in total. The molecule has 2 atom stereocenters. The molecule has 1 unspecified atom stereocenters. The molecule has 2 aromatic carbocycles. The summed E-state index contributed by atoms with van der Waals surface area (Å²) in [5.74, 6) is -3.80. The van der Waals surface area contributed by atoms with E-state index in [9.17, 15) is 24.6 Å². The largest absolute Gasteiger partial charge is 1.00 e. The molecule has 142 valence electrons. The molecule has 0 aliphatic carbocycles. The first-order valence-electron chi connectivity index (χ1n) is 7.85. The van der Waals surface area contributed by atoms with Gasteiger partial charge in [-0.2, -0.15) is 0 Å². The van der Waals surface area contributed by atoms with Crippen LogP contribution in [0.2, 0.25) is 0 Å². The van der Waals surface area contributed by atoms with E-state index in [-0.39, 0.29) is 135 Å². The number of para-hydroxylation sites is 1. The number of benzene rings is 2. The van der Waals surface area contributed by atoms with Gasteiger partial charge in [-0.3, -0.25) is 15.3 Å². The van der Waals surface area contributed by atoms with Crippen LogP contribution in [0, 0.1) is 0 Å². The molecule has 1 heterocycles. The van der Waals surface area contributed by atoms with Gasteiger partial charge < -0.3 is 24.6 Å². The van der Waals surface area contributed by atoms with Crippen LogP contribution in [0.4, 0.5) is 0 Å². The van der Waals surface area contributed by atoms with Crippen LogP contribution in [0.25, 0.3) is 11.0 Å². The fourth-order valence-corrected chi connectivity index (χ4v) is 3.94. The van der Waals surface area contributed by atoms with E-state index in [0.717, 1.165) is 10.0 Å². The molecule has 0 saturated carbocycles. The molecule has 0 amide bonds. The number of fused-ring (bicyclic) bond motifs is 1. The molecule has 0 fully saturated rings. The second-order valence-corrected chi connectivity index (χ2v) is 8.44. The van der Waals surface area contributed by atoms with E-state index >= 15 is 0 Å². The van der Waals surface area contributed by atoms with Crippen molar-refractivity contribution in [3.05, 3.63) is 58.1 Å². The number of hydrogen-bond donors (Lipinski definition) is 1. The number of nitrogens with one attached hydrogen (secondary N) is 1. The van der Waals surface area contributed by atoms with Gasteiger partial charge in [-0.05, 0) is 50.0 Å². The summed E-state index contributed by atoms with van der Waals surface area (Å²) in [5.41, 5.74) is 0.701. The standard InChI is InChI=1S/C17H17BrN3O5P.4Na/c1-9(10-5-7-11(18)8-6-10)19-17(27(24,25)26)12-3-2-4-13-14(12)21-16(23)15(22)20-13;;;;/h2-9,17,19H,1H3,(H,20,22)(H,21,23)(H2,24,25,26);;;;/q;4*+1/p-4/t9-,17?;;;;/m0..../s1. The molecule has 0 bridgehead atoms. The molecular formula is C17H13BrN3Na4O5P. The van der Waals surface area contributed by atoms with Crippen molar-refractivity contribution in [2.75, 3.05) is 0 Å². The van der Waals surface area contributed by atoms with Crippen molar-refractivity contribution in [2.24, 2.45) is 0 Å². The quantitative estimate of drug-likeness (QED) is 0.247. The summed E-state index contributed by atoms with van der Waals surface area (Å²) >= 11 is 3.32. The van der Waals surface area contributed by atoms with E-state index in [1.54, 1.807) is 31.2 Å². The predicted octanol–water partition coefficient (Wildman–Crippen LogP) is -11.2. The van der Waals surface area contributed by atoms with Crippen LogP contribution in [-0.2, 0) is 4.57 Å². The average molecular weight is 542 g/mol. The molecule has 0 radical (unpaired) electrons. The minimum atomic E-state index is -5.18. The molecule has 0 spiro atoms. The summed E-state index contributed by atoms with van der Waals surface area (Å²) in [5, 5.41) is 25.8. The monoisotopic (exact) mass is 541 g/mol. The van der Waals surface area contributed by atoms with Gasteiger partial charge in [0.2, 0.25) is 0 Å². The Hall–Kier alpha value is 1.97. The molecule has 31 heavy (non-hydrogen) atoms. The number of hydrogen-bond acceptors (Lipinski definition) is 8. The van der Waals surface area contributed by atoms with Crippen molar-refractivity contribution in [1.29, 1.82) is 0 Å². The van der Waals surface area contributed by atoms with Gasteiger partial charge in [0.05, 0.1) is 16.8 Å². The van der Waals surface area contributed by atoms with Crippen LogP contribution < -0.4 is 144 Å². The molecule has 3 aromatic rings. The Balaban J connectivity index is 0. The molecule has 14 heteroatoms. The number of aromatic nitrogens is 2. The Bertz CT molecular complexity index is 1040. The van der Waals surface area contributed by atoms with Crippen molar-refractivity contribution in [3.8, 4) is 11.8 Å². The molecule has 0 aliphatic rings. The number of rotatable bonds is 5. The Kier molecular flexibility index (Phi) is 17.2. The minimum Gasteiger partial charge on any atom is -0.858 e. The molecule has 3 rings (SSSR count). The van der Waals surface area contributed by atoms with Gasteiger partial charge in [-0.1, -0.05) is 40.2 Å². The summed E-state index contributed by atoms with van der Waals surface area (Å²) < 4.78 is 12.8. The van der Waals surface area contributed by atoms with Crippen LogP contribution >= 0.6 is 23.5 Å². The second kappa shape index (κ2) is 15.2. The first-order valence-corrected chi connectivity index (χ1v) is 10.2. The SMILES string of the molecule is C[C@H](NC(c1cccc2nc([O-])c([O-])nc12)P(=O)([O-])[O-])c1ccc(Br)cc1.[Na+].[Na+].[Na+].[Na+].